The summed E-state index contributed by atoms with van der Waals surface area (Å²) in [7, 11) is 0. The highest BCUT2D eigenvalue weighted by Gasteiger charge is 2.18. The van der Waals surface area contributed by atoms with E-state index in [1.54, 1.807) is 12.4 Å². The van der Waals surface area contributed by atoms with Crippen LogP contribution in [-0.2, 0) is 41.9 Å². The minimum Gasteiger partial charge on any atom is -0.466 e. The topological polar surface area (TPSA) is 88.0 Å². The first-order chi connectivity index (χ1) is 11.2. The van der Waals surface area contributed by atoms with Crippen LogP contribution in [0.5, 0.6) is 0 Å². The summed E-state index contributed by atoms with van der Waals surface area (Å²) in [5.41, 5.74) is 9.92. The number of carbonyl (C=O) groups excluding carboxylic acids is 1. The minimum absolute atomic E-state index is 0.157. The van der Waals surface area contributed by atoms with Crippen molar-refractivity contribution >= 4 is 11.7 Å². The van der Waals surface area contributed by atoms with Crippen molar-refractivity contribution in [3.05, 3.63) is 29.3 Å². The van der Waals surface area contributed by atoms with E-state index in [0.717, 1.165) is 43.6 Å². The molecule has 0 fully saturated rings. The number of aryl methyl sites for hydroxylation is 2. The molecule has 0 bridgehead atoms. The van der Waals surface area contributed by atoms with Crippen molar-refractivity contribution in [1.29, 1.82) is 0 Å². The van der Waals surface area contributed by atoms with E-state index in [4.69, 9.17) is 10.5 Å². The predicted molar refractivity (Wildman–Crippen MR) is 85.8 cm³/mol. The van der Waals surface area contributed by atoms with Crippen molar-refractivity contribution < 1.29 is 9.53 Å². The maximum atomic E-state index is 11.3. The van der Waals surface area contributed by atoms with Gasteiger partial charge in [0.05, 0.1) is 36.8 Å². The van der Waals surface area contributed by atoms with Crippen LogP contribution in [0.2, 0.25) is 0 Å². The third-order valence-corrected chi connectivity index (χ3v) is 4.22. The summed E-state index contributed by atoms with van der Waals surface area (Å²) in [6.07, 6.45) is 8.36. The average Bonchev–Trinajstić information content (AvgIpc) is 3.26. The summed E-state index contributed by atoms with van der Waals surface area (Å²) in [6.45, 7) is 4.30. The Hall–Kier alpha value is -2.31. The molecule has 0 amide bonds. The van der Waals surface area contributed by atoms with Crippen LogP contribution < -0.4 is 5.73 Å². The van der Waals surface area contributed by atoms with Gasteiger partial charge in [-0.05, 0) is 32.6 Å². The highest BCUT2D eigenvalue weighted by atomic mass is 16.5. The van der Waals surface area contributed by atoms with E-state index in [1.165, 1.54) is 17.8 Å². The monoisotopic (exact) mass is 317 g/mol. The first-order valence-electron chi connectivity index (χ1n) is 8.18. The van der Waals surface area contributed by atoms with E-state index >= 15 is 0 Å². The third-order valence-electron chi connectivity index (χ3n) is 4.22. The van der Waals surface area contributed by atoms with Gasteiger partial charge >= 0.3 is 5.97 Å². The van der Waals surface area contributed by atoms with Crippen LogP contribution in [0.15, 0.2) is 12.4 Å². The molecule has 23 heavy (non-hydrogen) atoms. The predicted octanol–water partition coefficient (Wildman–Crippen LogP) is 1.35. The lowest BCUT2D eigenvalue weighted by molar-refractivity contribution is -0.142. The largest absolute Gasteiger partial charge is 0.466 e. The van der Waals surface area contributed by atoms with Crippen molar-refractivity contribution in [2.75, 3.05) is 12.3 Å². The van der Waals surface area contributed by atoms with Gasteiger partial charge < -0.3 is 10.5 Å². The van der Waals surface area contributed by atoms with Gasteiger partial charge in [-0.15, -0.1) is 0 Å². The van der Waals surface area contributed by atoms with E-state index in [9.17, 15) is 4.79 Å². The molecule has 2 aromatic rings. The maximum absolute atomic E-state index is 11.3. The Labute approximate surface area is 135 Å². The lowest BCUT2D eigenvalue weighted by Gasteiger charge is -2.00. The van der Waals surface area contributed by atoms with E-state index in [1.807, 2.05) is 16.3 Å². The molecule has 0 unspecified atom stereocenters. The zero-order valence-corrected chi connectivity index (χ0v) is 13.5. The van der Waals surface area contributed by atoms with E-state index < -0.39 is 0 Å². The van der Waals surface area contributed by atoms with Crippen molar-refractivity contribution in [3.8, 4) is 0 Å². The molecule has 0 atom stereocenters. The van der Waals surface area contributed by atoms with Gasteiger partial charge in [0.1, 0.15) is 0 Å². The Bertz CT molecular complexity index is 689. The normalized spacial score (nSPS) is 14.8. The van der Waals surface area contributed by atoms with Crippen LogP contribution in [0.4, 0.5) is 5.69 Å². The van der Waals surface area contributed by atoms with Gasteiger partial charge in [-0.2, -0.15) is 10.2 Å². The molecule has 0 radical (unpaired) electrons. The summed E-state index contributed by atoms with van der Waals surface area (Å²) in [6, 6.07) is 0. The lowest BCUT2D eigenvalue weighted by atomic mass is 10.1. The molecule has 2 N–H and O–H groups in total. The molecule has 0 saturated carbocycles. The van der Waals surface area contributed by atoms with Crippen molar-refractivity contribution in [1.82, 2.24) is 19.6 Å². The Kier molecular flexibility index (Phi) is 4.64. The number of anilines is 1. The average molecular weight is 317 g/mol. The highest BCUT2D eigenvalue weighted by molar-refractivity contribution is 5.72. The fourth-order valence-corrected chi connectivity index (χ4v) is 3.13. The van der Waals surface area contributed by atoms with Crippen LogP contribution in [0, 0.1) is 0 Å². The van der Waals surface area contributed by atoms with Crippen LogP contribution in [0.3, 0.4) is 0 Å². The fraction of sp³-hybridized carbons (Fsp3) is 0.562. The molecule has 2 aliphatic rings. The van der Waals surface area contributed by atoms with Gasteiger partial charge in [-0.25, -0.2) is 0 Å². The molecular formula is C16H23N5O2. The number of hydrogen-bond donors (Lipinski definition) is 1. The number of fused-ring (bicyclic) bond motifs is 2. The summed E-state index contributed by atoms with van der Waals surface area (Å²) in [5.74, 6) is -0.157. The van der Waals surface area contributed by atoms with Gasteiger partial charge in [-0.3, -0.25) is 14.2 Å². The number of ether oxygens (including phenoxy) is 1. The number of nitrogens with zero attached hydrogens (tertiary/aromatic N) is 4. The minimum atomic E-state index is -0.157. The molecule has 4 rings (SSSR count). The van der Waals surface area contributed by atoms with Crippen LogP contribution >= 0.6 is 0 Å². The van der Waals surface area contributed by atoms with Crippen molar-refractivity contribution in [2.24, 2.45) is 0 Å². The molecule has 124 valence electrons. The van der Waals surface area contributed by atoms with Crippen LogP contribution in [-0.4, -0.2) is 32.1 Å². The van der Waals surface area contributed by atoms with Gasteiger partial charge in [0.25, 0.3) is 0 Å². The maximum Gasteiger partial charge on any atom is 0.310 e. The first kappa shape index (κ1) is 15.6. The molecule has 0 aliphatic carbocycles. The summed E-state index contributed by atoms with van der Waals surface area (Å²) in [4.78, 5) is 11.3. The SMILES string of the molecule is CCOC(=O)Cc1cnn2c1CCC2.Nc1cnn2c1CCC2. The summed E-state index contributed by atoms with van der Waals surface area (Å²) < 4.78 is 8.86. The standard InChI is InChI=1S/C10H14N2O2.C6H9N3/c1-2-14-10(13)6-8-7-11-12-5-3-4-9(8)12;7-5-4-8-9-3-1-2-6(5)9/h7H,2-6H2,1H3;4H,1-3,7H2. The molecular weight excluding hydrogens is 294 g/mol. The van der Waals surface area contributed by atoms with Crippen molar-refractivity contribution in [2.45, 2.75) is 52.1 Å². The zero-order chi connectivity index (χ0) is 16.2. The molecule has 0 aromatic carbocycles. The Morgan fingerprint density at radius 1 is 1.17 bits per heavy atom. The van der Waals surface area contributed by atoms with Crippen LogP contribution in [0.1, 0.15) is 36.7 Å². The molecule has 0 saturated heterocycles. The number of hydrogen-bond acceptors (Lipinski definition) is 5. The molecule has 4 heterocycles. The number of nitrogen functional groups attached to an aromatic ring is 1. The number of carbonyl (C=O) groups is 1. The number of rotatable bonds is 3. The zero-order valence-electron chi connectivity index (χ0n) is 13.5. The molecule has 2 aromatic heterocycles. The molecule has 7 nitrogen and oxygen atoms in total. The number of nitrogens with two attached hydrogens (primary N) is 1. The molecule has 0 spiro atoms. The Morgan fingerprint density at radius 3 is 2.52 bits per heavy atom. The quantitative estimate of drug-likeness (QED) is 0.863. The fourth-order valence-electron chi connectivity index (χ4n) is 3.13. The Balaban J connectivity index is 0.000000149. The van der Waals surface area contributed by atoms with Gasteiger partial charge in [0.2, 0.25) is 0 Å². The molecule has 7 heteroatoms. The Morgan fingerprint density at radius 2 is 1.83 bits per heavy atom. The second-order valence-electron chi connectivity index (χ2n) is 5.80. The van der Waals surface area contributed by atoms with E-state index in [0.29, 0.717) is 13.0 Å². The lowest BCUT2D eigenvalue weighted by Crippen LogP contribution is -2.08. The smallest absolute Gasteiger partial charge is 0.310 e. The third kappa shape index (κ3) is 3.38. The first-order valence-corrected chi connectivity index (χ1v) is 8.18. The summed E-state index contributed by atoms with van der Waals surface area (Å²) >= 11 is 0. The second kappa shape index (κ2) is 6.85. The second-order valence-corrected chi connectivity index (χ2v) is 5.80. The van der Waals surface area contributed by atoms with E-state index in [2.05, 4.69) is 10.2 Å². The number of esters is 1. The van der Waals surface area contributed by atoms with E-state index in [-0.39, 0.29) is 5.97 Å². The van der Waals surface area contributed by atoms with Gasteiger partial charge in [0, 0.05) is 24.3 Å². The van der Waals surface area contributed by atoms with Gasteiger partial charge in [0.15, 0.2) is 0 Å². The van der Waals surface area contributed by atoms with Crippen LogP contribution in [0.25, 0.3) is 0 Å². The highest BCUT2D eigenvalue weighted by Crippen LogP contribution is 2.19. The molecule has 2 aliphatic heterocycles. The van der Waals surface area contributed by atoms with Gasteiger partial charge in [-0.1, -0.05) is 0 Å². The van der Waals surface area contributed by atoms with Crippen molar-refractivity contribution in [3.63, 3.8) is 0 Å². The summed E-state index contributed by atoms with van der Waals surface area (Å²) in [5, 5.41) is 8.31. The number of aromatic nitrogens is 4.